The van der Waals surface area contributed by atoms with Crippen LogP contribution in [0.4, 0.5) is 5.69 Å². The molecule has 4 rings (SSSR count). The number of benzene rings is 2. The molecule has 0 unspecified atom stereocenters. The zero-order chi connectivity index (χ0) is 16.4. The van der Waals surface area contributed by atoms with Gasteiger partial charge in [0.15, 0.2) is 5.17 Å². The first kappa shape index (κ1) is 14.7. The van der Waals surface area contributed by atoms with E-state index >= 15 is 0 Å². The van der Waals surface area contributed by atoms with Gasteiger partial charge >= 0.3 is 5.63 Å². The van der Waals surface area contributed by atoms with Crippen LogP contribution in [0, 0.1) is 0 Å². The lowest BCUT2D eigenvalue weighted by atomic mass is 10.1. The number of nitrogens with one attached hydrogen (secondary N) is 1. The highest BCUT2D eigenvalue weighted by Gasteiger charge is 2.17. The summed E-state index contributed by atoms with van der Waals surface area (Å²) in [6.07, 6.45) is 0. The molecule has 2 aromatic carbocycles. The first-order valence-electron chi connectivity index (χ1n) is 7.42. The number of amidine groups is 1. The van der Waals surface area contributed by atoms with Crippen LogP contribution in [0.25, 0.3) is 11.0 Å². The van der Waals surface area contributed by atoms with Gasteiger partial charge in [-0.1, -0.05) is 48.2 Å². The number of hydrazone groups is 1. The smallest absolute Gasteiger partial charge is 0.345 e. The van der Waals surface area contributed by atoms with E-state index in [1.54, 1.807) is 6.07 Å². The minimum atomic E-state index is -0.377. The lowest BCUT2D eigenvalue weighted by Gasteiger charge is -2.14. The number of fused-ring (bicyclic) bond motifs is 1. The van der Waals surface area contributed by atoms with Gasteiger partial charge in [0.25, 0.3) is 0 Å². The molecule has 2 heterocycles. The number of thioether (sulfide) groups is 1. The van der Waals surface area contributed by atoms with Crippen molar-refractivity contribution < 1.29 is 4.42 Å². The van der Waals surface area contributed by atoms with Crippen LogP contribution in [-0.2, 0) is 0 Å². The third kappa shape index (κ3) is 2.96. The van der Waals surface area contributed by atoms with Crippen LogP contribution in [0.5, 0.6) is 0 Å². The van der Waals surface area contributed by atoms with Crippen LogP contribution in [0.15, 0.2) is 80.0 Å². The molecule has 0 aliphatic carbocycles. The van der Waals surface area contributed by atoms with Gasteiger partial charge in [-0.3, -0.25) is 5.43 Å². The van der Waals surface area contributed by atoms with Crippen molar-refractivity contribution in [2.45, 2.75) is 0 Å². The van der Waals surface area contributed by atoms with Gasteiger partial charge in [-0.05, 0) is 24.3 Å². The number of hydrogen-bond acceptors (Lipinski definition) is 5. The molecule has 1 aliphatic heterocycles. The highest BCUT2D eigenvalue weighted by molar-refractivity contribution is 8.14. The molecule has 1 aromatic heterocycles. The molecule has 118 valence electrons. The van der Waals surface area contributed by atoms with E-state index in [1.807, 2.05) is 54.6 Å². The molecule has 1 N–H and O–H groups in total. The molecule has 0 fully saturated rings. The molecule has 0 spiro atoms. The fourth-order valence-electron chi connectivity index (χ4n) is 2.39. The molecular weight excluding hydrogens is 322 g/mol. The SMILES string of the molecule is O=c1oc2ccccc2cc1C1=NNC(=Nc2ccccc2)SC1. The van der Waals surface area contributed by atoms with E-state index in [0.29, 0.717) is 27.8 Å². The second-order valence-electron chi connectivity index (χ2n) is 5.20. The van der Waals surface area contributed by atoms with Crippen molar-refractivity contribution in [1.29, 1.82) is 0 Å². The van der Waals surface area contributed by atoms with Crippen molar-refractivity contribution in [2.75, 3.05) is 5.75 Å². The van der Waals surface area contributed by atoms with Gasteiger partial charge in [0.05, 0.1) is 17.0 Å². The Kier molecular flexibility index (Phi) is 3.88. The number of nitrogens with zero attached hydrogens (tertiary/aromatic N) is 2. The van der Waals surface area contributed by atoms with Crippen molar-refractivity contribution in [3.8, 4) is 0 Å². The average Bonchev–Trinajstić information content (AvgIpc) is 2.63. The highest BCUT2D eigenvalue weighted by atomic mass is 32.2. The van der Waals surface area contributed by atoms with Crippen LogP contribution in [0.3, 0.4) is 0 Å². The standard InChI is InChI=1S/C18H13N3O2S/c22-17-14(10-12-6-4-5-9-16(12)23-17)15-11-24-18(21-20-15)19-13-7-2-1-3-8-13/h1-10H,11H2,(H,19,21). The topological polar surface area (TPSA) is 67.0 Å². The van der Waals surface area contributed by atoms with Crippen LogP contribution in [0.1, 0.15) is 5.56 Å². The van der Waals surface area contributed by atoms with Crippen LogP contribution < -0.4 is 11.1 Å². The van der Waals surface area contributed by atoms with Gasteiger partial charge in [0.2, 0.25) is 0 Å². The number of para-hydroxylation sites is 2. The Morgan fingerprint density at radius 1 is 1.08 bits per heavy atom. The minimum absolute atomic E-state index is 0.377. The van der Waals surface area contributed by atoms with Gasteiger partial charge in [-0.2, -0.15) is 5.10 Å². The molecule has 24 heavy (non-hydrogen) atoms. The predicted octanol–water partition coefficient (Wildman–Crippen LogP) is 3.52. The molecule has 5 nitrogen and oxygen atoms in total. The van der Waals surface area contributed by atoms with E-state index < -0.39 is 0 Å². The highest BCUT2D eigenvalue weighted by Crippen LogP contribution is 2.19. The van der Waals surface area contributed by atoms with E-state index in [2.05, 4.69) is 15.5 Å². The molecule has 3 aromatic rings. The molecule has 0 amide bonds. The second kappa shape index (κ2) is 6.33. The van der Waals surface area contributed by atoms with Crippen molar-refractivity contribution in [2.24, 2.45) is 10.1 Å². The van der Waals surface area contributed by atoms with Crippen molar-refractivity contribution in [3.05, 3.63) is 76.6 Å². The molecule has 6 heteroatoms. The molecule has 0 radical (unpaired) electrons. The van der Waals surface area contributed by atoms with Crippen molar-refractivity contribution in [3.63, 3.8) is 0 Å². The summed E-state index contributed by atoms with van der Waals surface area (Å²) in [5.74, 6) is 0.557. The first-order valence-corrected chi connectivity index (χ1v) is 8.40. The normalized spacial score (nSPS) is 16.0. The van der Waals surface area contributed by atoms with E-state index in [4.69, 9.17) is 4.42 Å². The summed E-state index contributed by atoms with van der Waals surface area (Å²) in [5, 5.41) is 5.88. The van der Waals surface area contributed by atoms with Gasteiger partial charge in [0, 0.05) is 11.1 Å². The summed E-state index contributed by atoms with van der Waals surface area (Å²) in [7, 11) is 0. The van der Waals surface area contributed by atoms with Crippen LogP contribution in [-0.4, -0.2) is 16.6 Å². The molecule has 0 saturated heterocycles. The number of aliphatic imine (C=N–C) groups is 1. The maximum atomic E-state index is 12.2. The lowest BCUT2D eigenvalue weighted by Crippen LogP contribution is -2.28. The quantitative estimate of drug-likeness (QED) is 0.728. The Labute approximate surface area is 142 Å². The Hall–Kier alpha value is -2.86. The Morgan fingerprint density at radius 2 is 1.88 bits per heavy atom. The van der Waals surface area contributed by atoms with E-state index in [9.17, 15) is 4.79 Å². The molecular formula is C18H13N3O2S. The van der Waals surface area contributed by atoms with Crippen LogP contribution >= 0.6 is 11.8 Å². The maximum absolute atomic E-state index is 12.2. The van der Waals surface area contributed by atoms with E-state index in [0.717, 1.165) is 11.1 Å². The summed E-state index contributed by atoms with van der Waals surface area (Å²) in [6.45, 7) is 0. The molecule has 1 aliphatic rings. The first-order chi connectivity index (χ1) is 11.8. The van der Waals surface area contributed by atoms with E-state index in [-0.39, 0.29) is 5.63 Å². The zero-order valence-corrected chi connectivity index (χ0v) is 13.4. The lowest BCUT2D eigenvalue weighted by molar-refractivity contribution is 0.559. The fraction of sp³-hybridized carbons (Fsp3) is 0.0556. The third-order valence-corrected chi connectivity index (χ3v) is 4.45. The average molecular weight is 335 g/mol. The second-order valence-corrected chi connectivity index (χ2v) is 6.16. The number of rotatable bonds is 2. The monoisotopic (exact) mass is 335 g/mol. The summed E-state index contributed by atoms with van der Waals surface area (Å²) < 4.78 is 5.36. The van der Waals surface area contributed by atoms with Gasteiger partial charge in [-0.25, -0.2) is 9.79 Å². The molecule has 0 saturated carbocycles. The zero-order valence-electron chi connectivity index (χ0n) is 12.6. The minimum Gasteiger partial charge on any atom is -0.422 e. The Morgan fingerprint density at radius 3 is 2.67 bits per heavy atom. The van der Waals surface area contributed by atoms with Gasteiger partial charge in [-0.15, -0.1) is 0 Å². The summed E-state index contributed by atoms with van der Waals surface area (Å²) in [6, 6.07) is 18.9. The summed E-state index contributed by atoms with van der Waals surface area (Å²) >= 11 is 1.50. The Bertz CT molecular complexity index is 1010. The predicted molar refractivity (Wildman–Crippen MR) is 98.2 cm³/mol. The van der Waals surface area contributed by atoms with Crippen LogP contribution in [0.2, 0.25) is 0 Å². The third-order valence-electron chi connectivity index (χ3n) is 3.57. The van der Waals surface area contributed by atoms with Gasteiger partial charge < -0.3 is 4.42 Å². The van der Waals surface area contributed by atoms with Crippen molar-refractivity contribution in [1.82, 2.24) is 5.43 Å². The maximum Gasteiger partial charge on any atom is 0.345 e. The van der Waals surface area contributed by atoms with E-state index in [1.165, 1.54) is 11.8 Å². The summed E-state index contributed by atoms with van der Waals surface area (Å²) in [4.78, 5) is 16.7. The molecule has 0 bridgehead atoms. The largest absolute Gasteiger partial charge is 0.422 e. The van der Waals surface area contributed by atoms with Crippen molar-refractivity contribution >= 4 is 39.3 Å². The fourth-order valence-corrected chi connectivity index (χ4v) is 3.17. The number of hydrogen-bond donors (Lipinski definition) is 1. The molecule has 0 atom stereocenters. The summed E-state index contributed by atoms with van der Waals surface area (Å²) in [5.41, 5.74) is 5.11. The van der Waals surface area contributed by atoms with Gasteiger partial charge in [0.1, 0.15) is 5.58 Å². The Balaban J connectivity index is 1.64.